The minimum atomic E-state index is 0.934. The van der Waals surface area contributed by atoms with Crippen molar-refractivity contribution in [3.8, 4) is 5.69 Å². The predicted octanol–water partition coefficient (Wildman–Crippen LogP) is 9.05. The van der Waals surface area contributed by atoms with Crippen molar-refractivity contribution in [2.45, 2.75) is 0 Å². The van der Waals surface area contributed by atoms with E-state index < -0.39 is 0 Å². The Bertz CT molecular complexity index is 1980. The van der Waals surface area contributed by atoms with Crippen LogP contribution in [0.4, 0.5) is 0 Å². The molecule has 8 rings (SSSR count). The molecular weight excluding hydrogens is 422 g/mol. The van der Waals surface area contributed by atoms with Gasteiger partial charge >= 0.3 is 0 Å². The molecule has 0 fully saturated rings. The molecule has 0 unspecified atom stereocenters. The highest BCUT2D eigenvalue weighted by Crippen LogP contribution is 2.46. The molecule has 0 aliphatic rings. The van der Waals surface area contributed by atoms with E-state index in [-0.39, 0.29) is 0 Å². The Morgan fingerprint density at radius 3 is 1.94 bits per heavy atom. The molecule has 0 aliphatic heterocycles. The van der Waals surface area contributed by atoms with Crippen LogP contribution in [0.15, 0.2) is 108 Å². The number of aromatic nitrogens is 1. The maximum atomic E-state index is 6.48. The summed E-state index contributed by atoms with van der Waals surface area (Å²) in [7, 11) is 0. The lowest BCUT2D eigenvalue weighted by atomic mass is 10.1. The smallest absolute Gasteiger partial charge is 0.144 e. The summed E-state index contributed by atoms with van der Waals surface area (Å²) in [5.74, 6) is 0. The van der Waals surface area contributed by atoms with Crippen LogP contribution < -0.4 is 0 Å². The van der Waals surface area contributed by atoms with Gasteiger partial charge in [-0.2, -0.15) is 0 Å². The van der Waals surface area contributed by atoms with Crippen LogP contribution in [-0.4, -0.2) is 4.57 Å². The zero-order valence-corrected chi connectivity index (χ0v) is 18.4. The number of thiophene rings is 1. The highest BCUT2D eigenvalue weighted by atomic mass is 32.1. The predicted molar refractivity (Wildman–Crippen MR) is 141 cm³/mol. The van der Waals surface area contributed by atoms with Gasteiger partial charge < -0.3 is 8.98 Å². The van der Waals surface area contributed by atoms with Crippen LogP contribution in [0.2, 0.25) is 0 Å². The zero-order valence-electron chi connectivity index (χ0n) is 17.6. The van der Waals surface area contributed by atoms with E-state index in [1.807, 2.05) is 17.4 Å². The summed E-state index contributed by atoms with van der Waals surface area (Å²) in [6.45, 7) is 0. The average molecular weight is 440 g/mol. The number of hydrogen-bond donors (Lipinski definition) is 0. The summed E-state index contributed by atoms with van der Waals surface area (Å²) < 4.78 is 11.4. The second kappa shape index (κ2) is 6.25. The van der Waals surface area contributed by atoms with Crippen molar-refractivity contribution in [2.75, 3.05) is 0 Å². The lowest BCUT2D eigenvalue weighted by Gasteiger charge is -2.10. The molecule has 3 heterocycles. The van der Waals surface area contributed by atoms with Gasteiger partial charge in [-0.05, 0) is 30.3 Å². The first kappa shape index (κ1) is 17.5. The Kier molecular flexibility index (Phi) is 3.31. The number of furan rings is 1. The molecule has 0 aliphatic carbocycles. The van der Waals surface area contributed by atoms with Crippen molar-refractivity contribution < 1.29 is 4.42 Å². The lowest BCUT2D eigenvalue weighted by molar-refractivity contribution is 0.673. The van der Waals surface area contributed by atoms with Crippen molar-refractivity contribution in [1.82, 2.24) is 4.57 Å². The summed E-state index contributed by atoms with van der Waals surface area (Å²) in [5.41, 5.74) is 5.58. The summed E-state index contributed by atoms with van der Waals surface area (Å²) in [6, 6.07) is 36.8. The van der Waals surface area contributed by atoms with Gasteiger partial charge in [0.05, 0.1) is 21.4 Å². The third kappa shape index (κ3) is 2.22. The number of fused-ring (bicyclic) bond motifs is 10. The van der Waals surface area contributed by atoms with Crippen LogP contribution in [0.5, 0.6) is 0 Å². The van der Waals surface area contributed by atoms with Crippen molar-refractivity contribution in [1.29, 1.82) is 0 Å². The number of benzene rings is 5. The lowest BCUT2D eigenvalue weighted by Crippen LogP contribution is -1.94. The minimum Gasteiger partial charge on any atom is -0.455 e. The van der Waals surface area contributed by atoms with Gasteiger partial charge in [0.15, 0.2) is 0 Å². The SMILES string of the molecule is c1ccc2c(c1)oc1c2cc(-n2c3ccccc3c3ccccc32)c2sc3ccccc3c21. The standard InChI is InChI=1S/C30H17NOS/c1-5-13-23-18(9-1)19-10-2-6-14-24(19)31(23)25-17-22-20-11-3-7-15-26(20)32-29(22)28-21-12-4-8-16-27(21)33-30(25)28/h1-17H. The zero-order chi connectivity index (χ0) is 21.5. The van der Waals surface area contributed by atoms with E-state index in [4.69, 9.17) is 4.42 Å². The maximum Gasteiger partial charge on any atom is 0.144 e. The fraction of sp³-hybridized carbons (Fsp3) is 0. The van der Waals surface area contributed by atoms with Crippen LogP contribution in [0.25, 0.3) is 69.6 Å². The quantitative estimate of drug-likeness (QED) is 0.249. The Morgan fingerprint density at radius 2 is 1.18 bits per heavy atom. The van der Waals surface area contributed by atoms with Crippen molar-refractivity contribution in [2.24, 2.45) is 0 Å². The molecule has 8 aromatic rings. The van der Waals surface area contributed by atoms with Gasteiger partial charge in [-0.15, -0.1) is 11.3 Å². The van der Waals surface area contributed by atoms with Crippen molar-refractivity contribution in [3.63, 3.8) is 0 Å². The van der Waals surface area contributed by atoms with E-state index in [1.54, 1.807) is 0 Å². The molecule has 3 aromatic heterocycles. The fourth-order valence-corrected chi connectivity index (χ4v) is 6.60. The van der Waals surface area contributed by atoms with Gasteiger partial charge in [-0.1, -0.05) is 72.8 Å². The Labute approximate surface area is 192 Å². The fourth-order valence-electron chi connectivity index (χ4n) is 5.40. The largest absolute Gasteiger partial charge is 0.455 e. The molecule has 0 bridgehead atoms. The maximum absolute atomic E-state index is 6.48. The number of hydrogen-bond acceptors (Lipinski definition) is 2. The molecule has 154 valence electrons. The van der Waals surface area contributed by atoms with E-state index in [1.165, 1.54) is 53.1 Å². The average Bonchev–Trinajstić information content (AvgIpc) is 3.53. The monoisotopic (exact) mass is 439 g/mol. The second-order valence-electron chi connectivity index (χ2n) is 8.54. The first-order valence-corrected chi connectivity index (χ1v) is 11.9. The Balaban J connectivity index is 1.68. The van der Waals surface area contributed by atoms with E-state index in [0.717, 1.165) is 16.6 Å². The van der Waals surface area contributed by atoms with Crippen LogP contribution in [0.1, 0.15) is 0 Å². The third-order valence-corrected chi connectivity index (χ3v) is 7.98. The molecule has 0 spiro atoms. The van der Waals surface area contributed by atoms with Gasteiger partial charge in [0, 0.05) is 37.0 Å². The number of para-hydroxylation sites is 3. The number of nitrogens with zero attached hydrogens (tertiary/aromatic N) is 1. The van der Waals surface area contributed by atoms with Crippen molar-refractivity contribution in [3.05, 3.63) is 103 Å². The van der Waals surface area contributed by atoms with Crippen molar-refractivity contribution >= 4 is 75.3 Å². The third-order valence-electron chi connectivity index (χ3n) is 6.79. The topological polar surface area (TPSA) is 18.1 Å². The molecule has 0 radical (unpaired) electrons. The van der Waals surface area contributed by atoms with Crippen LogP contribution in [0.3, 0.4) is 0 Å². The second-order valence-corrected chi connectivity index (χ2v) is 9.59. The van der Waals surface area contributed by atoms with Gasteiger partial charge in [-0.3, -0.25) is 0 Å². The van der Waals surface area contributed by atoms with Gasteiger partial charge in [-0.25, -0.2) is 0 Å². The highest BCUT2D eigenvalue weighted by Gasteiger charge is 2.21. The molecule has 0 N–H and O–H groups in total. The molecule has 0 saturated carbocycles. The summed E-state index contributed by atoms with van der Waals surface area (Å²) in [5, 5.41) is 7.34. The Morgan fingerprint density at radius 1 is 0.576 bits per heavy atom. The molecule has 0 atom stereocenters. The van der Waals surface area contributed by atoms with E-state index in [9.17, 15) is 0 Å². The van der Waals surface area contributed by atoms with E-state index in [2.05, 4.69) is 102 Å². The normalized spacial score (nSPS) is 12.2. The summed E-state index contributed by atoms with van der Waals surface area (Å²) in [6.07, 6.45) is 0. The first-order chi connectivity index (χ1) is 16.4. The highest BCUT2D eigenvalue weighted by molar-refractivity contribution is 7.26. The van der Waals surface area contributed by atoms with E-state index in [0.29, 0.717) is 0 Å². The summed E-state index contributed by atoms with van der Waals surface area (Å²) in [4.78, 5) is 0. The first-order valence-electron chi connectivity index (χ1n) is 11.1. The number of rotatable bonds is 1. The van der Waals surface area contributed by atoms with Crippen LogP contribution >= 0.6 is 11.3 Å². The molecule has 3 heteroatoms. The minimum absolute atomic E-state index is 0.934. The molecular formula is C30H17NOS. The molecule has 5 aromatic carbocycles. The molecule has 2 nitrogen and oxygen atoms in total. The van der Waals surface area contributed by atoms with Gasteiger partial charge in [0.1, 0.15) is 11.2 Å². The molecule has 0 saturated heterocycles. The van der Waals surface area contributed by atoms with Gasteiger partial charge in [0.2, 0.25) is 0 Å². The van der Waals surface area contributed by atoms with Gasteiger partial charge in [0.25, 0.3) is 0 Å². The van der Waals surface area contributed by atoms with E-state index >= 15 is 0 Å². The Hall–Kier alpha value is -4.08. The molecule has 0 amide bonds. The summed E-state index contributed by atoms with van der Waals surface area (Å²) >= 11 is 1.85. The molecule has 33 heavy (non-hydrogen) atoms. The van der Waals surface area contributed by atoms with Crippen LogP contribution in [0, 0.1) is 0 Å². The van der Waals surface area contributed by atoms with Crippen LogP contribution in [-0.2, 0) is 0 Å².